The Hall–Kier alpha value is -0.120. The summed E-state index contributed by atoms with van der Waals surface area (Å²) < 4.78 is 10.5. The van der Waals surface area contributed by atoms with Crippen molar-refractivity contribution >= 4 is 0 Å². The minimum absolute atomic E-state index is 0.204. The van der Waals surface area contributed by atoms with Gasteiger partial charge in [0.25, 0.3) is 0 Å². The predicted molar refractivity (Wildman–Crippen MR) is 30.1 cm³/mol. The summed E-state index contributed by atoms with van der Waals surface area (Å²) in [6.07, 6.45) is 0.424. The summed E-state index contributed by atoms with van der Waals surface area (Å²) in [7, 11) is 0. The molecule has 0 aromatic carbocycles. The molecule has 2 unspecified atom stereocenters. The summed E-state index contributed by atoms with van der Waals surface area (Å²) >= 11 is 0. The second kappa shape index (κ2) is 1.94. The maximum atomic E-state index is 8.68. The van der Waals surface area contributed by atoms with E-state index >= 15 is 0 Å². The van der Waals surface area contributed by atoms with Crippen LogP contribution in [0.4, 0.5) is 0 Å². The fraction of sp³-hybridized carbons (Fsp3) is 1.00. The van der Waals surface area contributed by atoms with Gasteiger partial charge in [0.05, 0.1) is 32.0 Å². The number of hydrogen-bond donors (Lipinski definition) is 1. The average molecular weight is 130 g/mol. The van der Waals surface area contributed by atoms with E-state index in [1.54, 1.807) is 0 Å². The Kier molecular flexibility index (Phi) is 1.22. The third-order valence-corrected chi connectivity index (χ3v) is 1.94. The molecule has 52 valence electrons. The first-order valence-electron chi connectivity index (χ1n) is 3.27. The summed E-state index contributed by atoms with van der Waals surface area (Å²) in [5, 5.41) is 8.68. The Morgan fingerprint density at radius 3 is 2.22 bits per heavy atom. The Morgan fingerprint density at radius 2 is 1.78 bits per heavy atom. The molecule has 0 spiro atoms. The van der Waals surface area contributed by atoms with Gasteiger partial charge in [-0.05, 0) is 0 Å². The van der Waals surface area contributed by atoms with Crippen molar-refractivity contribution < 1.29 is 14.6 Å². The number of aliphatic hydroxyl groups is 1. The average Bonchev–Trinajstić information content (AvgIpc) is 2.60. The standard InChI is InChI=1S/C6H10O3/c7-3-4-5-6(4)9-2-1-8-5/h4-7H,1-3H2. The number of ether oxygens (including phenoxy) is 2. The van der Waals surface area contributed by atoms with Gasteiger partial charge in [-0.25, -0.2) is 0 Å². The highest BCUT2D eigenvalue weighted by atomic mass is 16.6. The number of aliphatic hydroxyl groups excluding tert-OH is 1. The van der Waals surface area contributed by atoms with Crippen molar-refractivity contribution in [2.24, 2.45) is 5.92 Å². The molecule has 0 radical (unpaired) electrons. The quantitative estimate of drug-likeness (QED) is 0.514. The van der Waals surface area contributed by atoms with Gasteiger partial charge in [0, 0.05) is 5.92 Å². The lowest BCUT2D eigenvalue weighted by Gasteiger charge is -2.09. The fourth-order valence-corrected chi connectivity index (χ4v) is 1.33. The van der Waals surface area contributed by atoms with E-state index in [0.29, 0.717) is 13.2 Å². The first-order valence-corrected chi connectivity index (χ1v) is 3.27. The number of hydrogen-bond acceptors (Lipinski definition) is 3. The summed E-state index contributed by atoms with van der Waals surface area (Å²) in [5.41, 5.74) is 0. The van der Waals surface area contributed by atoms with Crippen molar-refractivity contribution in [3.63, 3.8) is 0 Å². The molecule has 1 heterocycles. The van der Waals surface area contributed by atoms with E-state index < -0.39 is 0 Å². The lowest BCUT2D eigenvalue weighted by atomic mass is 10.4. The second-order valence-corrected chi connectivity index (χ2v) is 2.52. The maximum Gasteiger partial charge on any atom is 0.0918 e. The molecular weight excluding hydrogens is 120 g/mol. The van der Waals surface area contributed by atoms with Crippen LogP contribution >= 0.6 is 0 Å². The maximum absolute atomic E-state index is 8.68. The topological polar surface area (TPSA) is 38.7 Å². The molecular formula is C6H10O3. The third-order valence-electron chi connectivity index (χ3n) is 1.94. The van der Waals surface area contributed by atoms with E-state index in [-0.39, 0.29) is 24.7 Å². The molecule has 2 aliphatic rings. The molecule has 2 atom stereocenters. The largest absolute Gasteiger partial charge is 0.396 e. The molecule has 2 rings (SSSR count). The number of rotatable bonds is 1. The molecule has 9 heavy (non-hydrogen) atoms. The van der Waals surface area contributed by atoms with E-state index in [9.17, 15) is 0 Å². The highest BCUT2D eigenvalue weighted by Gasteiger charge is 2.53. The second-order valence-electron chi connectivity index (χ2n) is 2.52. The smallest absolute Gasteiger partial charge is 0.0918 e. The van der Waals surface area contributed by atoms with Crippen LogP contribution in [0.25, 0.3) is 0 Å². The highest BCUT2D eigenvalue weighted by Crippen LogP contribution is 2.39. The molecule has 1 saturated heterocycles. The summed E-state index contributed by atoms with van der Waals surface area (Å²) in [5.74, 6) is 0.271. The van der Waals surface area contributed by atoms with E-state index in [1.165, 1.54) is 0 Å². The van der Waals surface area contributed by atoms with Crippen molar-refractivity contribution in [1.29, 1.82) is 0 Å². The lowest BCUT2D eigenvalue weighted by molar-refractivity contribution is -0.0376. The molecule has 0 aromatic rings. The van der Waals surface area contributed by atoms with E-state index in [4.69, 9.17) is 14.6 Å². The van der Waals surface area contributed by atoms with Gasteiger partial charge in [-0.3, -0.25) is 0 Å². The van der Waals surface area contributed by atoms with Crippen LogP contribution in [-0.4, -0.2) is 37.1 Å². The molecule has 3 heteroatoms. The Balaban J connectivity index is 1.91. The van der Waals surface area contributed by atoms with E-state index in [2.05, 4.69) is 0 Å². The van der Waals surface area contributed by atoms with Crippen molar-refractivity contribution in [2.75, 3.05) is 19.8 Å². The van der Waals surface area contributed by atoms with Crippen LogP contribution < -0.4 is 0 Å². The molecule has 3 nitrogen and oxygen atoms in total. The van der Waals surface area contributed by atoms with Crippen molar-refractivity contribution in [2.45, 2.75) is 12.2 Å². The first kappa shape index (κ1) is 5.65. The predicted octanol–water partition coefficient (Wildman–Crippen LogP) is -0.608. The number of fused-ring (bicyclic) bond motifs is 1. The Bertz CT molecular complexity index is 96.1. The summed E-state index contributed by atoms with van der Waals surface area (Å²) in [6, 6.07) is 0. The minimum atomic E-state index is 0.204. The molecule has 1 N–H and O–H groups in total. The van der Waals surface area contributed by atoms with Crippen LogP contribution in [0.15, 0.2) is 0 Å². The van der Waals surface area contributed by atoms with Crippen LogP contribution in [0.1, 0.15) is 0 Å². The van der Waals surface area contributed by atoms with E-state index in [1.807, 2.05) is 0 Å². The van der Waals surface area contributed by atoms with E-state index in [0.717, 1.165) is 0 Å². The lowest BCUT2D eigenvalue weighted by Crippen LogP contribution is -2.16. The van der Waals surface area contributed by atoms with Gasteiger partial charge in [-0.2, -0.15) is 0 Å². The normalized spacial score (nSPS) is 48.3. The van der Waals surface area contributed by atoms with Gasteiger partial charge in [-0.15, -0.1) is 0 Å². The molecule has 0 aromatic heterocycles. The van der Waals surface area contributed by atoms with Crippen LogP contribution in [0.2, 0.25) is 0 Å². The molecule has 0 amide bonds. The van der Waals surface area contributed by atoms with Gasteiger partial charge in [0.15, 0.2) is 0 Å². The molecule has 1 aliphatic carbocycles. The van der Waals surface area contributed by atoms with Crippen molar-refractivity contribution in [3.05, 3.63) is 0 Å². The summed E-state index contributed by atoms with van der Waals surface area (Å²) in [4.78, 5) is 0. The zero-order chi connectivity index (χ0) is 6.27. The van der Waals surface area contributed by atoms with Crippen LogP contribution in [0, 0.1) is 5.92 Å². The van der Waals surface area contributed by atoms with Gasteiger partial charge in [-0.1, -0.05) is 0 Å². The van der Waals surface area contributed by atoms with Crippen LogP contribution in [0.3, 0.4) is 0 Å². The van der Waals surface area contributed by atoms with Gasteiger partial charge >= 0.3 is 0 Å². The molecule has 2 fully saturated rings. The first-order chi connectivity index (χ1) is 4.43. The molecule has 0 bridgehead atoms. The molecule has 1 saturated carbocycles. The molecule has 1 aliphatic heterocycles. The van der Waals surface area contributed by atoms with Gasteiger partial charge in [0.1, 0.15) is 0 Å². The summed E-state index contributed by atoms with van der Waals surface area (Å²) in [6.45, 7) is 1.59. The zero-order valence-corrected chi connectivity index (χ0v) is 5.12. The van der Waals surface area contributed by atoms with Crippen molar-refractivity contribution in [3.8, 4) is 0 Å². The van der Waals surface area contributed by atoms with Crippen molar-refractivity contribution in [1.82, 2.24) is 0 Å². The minimum Gasteiger partial charge on any atom is -0.396 e. The van der Waals surface area contributed by atoms with Crippen LogP contribution in [0.5, 0.6) is 0 Å². The van der Waals surface area contributed by atoms with Gasteiger partial charge in [0.2, 0.25) is 0 Å². The highest BCUT2D eigenvalue weighted by molar-refractivity contribution is 5.01. The fourth-order valence-electron chi connectivity index (χ4n) is 1.33. The zero-order valence-electron chi connectivity index (χ0n) is 5.12. The SMILES string of the molecule is OCC1C2OCCOC12. The van der Waals surface area contributed by atoms with Crippen LogP contribution in [-0.2, 0) is 9.47 Å². The Labute approximate surface area is 53.6 Å². The monoisotopic (exact) mass is 130 g/mol. The van der Waals surface area contributed by atoms with Gasteiger partial charge < -0.3 is 14.6 Å². The Morgan fingerprint density at radius 1 is 1.22 bits per heavy atom. The third kappa shape index (κ3) is 0.764.